The molecule has 0 amide bonds. The molecule has 1 aliphatic heterocycles. The average molecular weight is 527 g/mol. The number of nitrogens with two attached hydrogens (primary N) is 1. The van der Waals surface area contributed by atoms with Crippen molar-refractivity contribution >= 4 is 11.7 Å². The highest BCUT2D eigenvalue weighted by atomic mass is 16.5. The number of likely N-dealkylation sites (tertiary alicyclic amines) is 1. The molecule has 7 rings (SSSR count). The largest absolute Gasteiger partial charge is 0.461 e. The van der Waals surface area contributed by atoms with Gasteiger partial charge in [0, 0.05) is 67.5 Å². The lowest BCUT2D eigenvalue weighted by Gasteiger charge is -2.69. The van der Waals surface area contributed by atoms with Crippen LogP contribution in [0.1, 0.15) is 49.4 Å². The number of aliphatic hydroxyl groups is 2. The summed E-state index contributed by atoms with van der Waals surface area (Å²) in [5.41, 5.74) is 5.54. The second kappa shape index (κ2) is 8.40. The zero-order chi connectivity index (χ0) is 26.6. The molecule has 8 nitrogen and oxygen atoms in total. The third-order valence-electron chi connectivity index (χ3n) is 12.4. The fourth-order valence-corrected chi connectivity index (χ4v) is 11.3. The number of fused-ring (bicyclic) bond motifs is 2. The molecule has 0 unspecified atom stereocenters. The Hall–Kier alpha value is -1.71. The van der Waals surface area contributed by atoms with Gasteiger partial charge < -0.3 is 30.2 Å². The third-order valence-corrected chi connectivity index (χ3v) is 12.4. The smallest absolute Gasteiger partial charge is 0.340 e. The number of nitrogens with zero attached hydrogens (tertiary/aromatic N) is 1. The first-order valence-corrected chi connectivity index (χ1v) is 14.5. The van der Waals surface area contributed by atoms with Crippen LogP contribution in [0.3, 0.4) is 0 Å². The highest BCUT2D eigenvalue weighted by Crippen LogP contribution is 2.79. The molecular formula is C30H42N2O6. The van der Waals surface area contributed by atoms with E-state index >= 15 is 0 Å². The second-order valence-corrected chi connectivity index (χ2v) is 13.2. The van der Waals surface area contributed by atoms with Crippen molar-refractivity contribution < 1.29 is 29.2 Å². The van der Waals surface area contributed by atoms with E-state index in [9.17, 15) is 15.0 Å². The lowest BCUT2D eigenvalue weighted by Crippen LogP contribution is -2.76. The maximum Gasteiger partial charge on any atom is 0.340 e. The minimum Gasteiger partial charge on any atom is -0.461 e. The molecule has 1 saturated heterocycles. The van der Waals surface area contributed by atoms with Gasteiger partial charge in [-0.3, -0.25) is 4.90 Å². The summed E-state index contributed by atoms with van der Waals surface area (Å²) >= 11 is 0. The van der Waals surface area contributed by atoms with E-state index in [1.54, 1.807) is 19.2 Å². The number of rotatable bonds is 6. The van der Waals surface area contributed by atoms with Crippen molar-refractivity contribution in [3.63, 3.8) is 0 Å². The summed E-state index contributed by atoms with van der Waals surface area (Å²) < 4.78 is 18.4. The van der Waals surface area contributed by atoms with Crippen molar-refractivity contribution in [1.82, 2.24) is 4.90 Å². The summed E-state index contributed by atoms with van der Waals surface area (Å²) in [5, 5.41) is 24.2. The van der Waals surface area contributed by atoms with Gasteiger partial charge in [0.15, 0.2) is 0 Å². The van der Waals surface area contributed by atoms with Gasteiger partial charge in [-0.15, -0.1) is 0 Å². The van der Waals surface area contributed by atoms with Crippen LogP contribution in [0.5, 0.6) is 0 Å². The summed E-state index contributed by atoms with van der Waals surface area (Å²) in [7, 11) is 3.55. The number of anilines is 1. The second-order valence-electron chi connectivity index (χ2n) is 13.2. The minimum absolute atomic E-state index is 0.0261. The van der Waals surface area contributed by atoms with Crippen molar-refractivity contribution in [3.8, 4) is 0 Å². The molecule has 12 atom stereocenters. The van der Waals surface area contributed by atoms with Crippen LogP contribution in [-0.2, 0) is 14.2 Å². The Morgan fingerprint density at radius 3 is 2.68 bits per heavy atom. The summed E-state index contributed by atoms with van der Waals surface area (Å²) in [4.78, 5) is 15.8. The summed E-state index contributed by atoms with van der Waals surface area (Å²) in [6.45, 7) is 4.24. The van der Waals surface area contributed by atoms with Gasteiger partial charge in [-0.25, -0.2) is 4.79 Å². The number of benzene rings is 1. The van der Waals surface area contributed by atoms with Gasteiger partial charge in [0.05, 0.1) is 36.1 Å². The molecule has 7 bridgehead atoms. The number of hydrogen-bond acceptors (Lipinski definition) is 8. The van der Waals surface area contributed by atoms with Crippen molar-refractivity contribution in [3.05, 3.63) is 29.8 Å². The fourth-order valence-electron chi connectivity index (χ4n) is 11.3. The fraction of sp³-hybridized carbons (Fsp3) is 0.767. The predicted molar refractivity (Wildman–Crippen MR) is 140 cm³/mol. The van der Waals surface area contributed by atoms with Gasteiger partial charge in [0.1, 0.15) is 0 Å². The van der Waals surface area contributed by atoms with E-state index in [4.69, 9.17) is 19.9 Å². The van der Waals surface area contributed by atoms with Crippen molar-refractivity contribution in [2.75, 3.05) is 39.6 Å². The van der Waals surface area contributed by atoms with Gasteiger partial charge in [0.25, 0.3) is 0 Å². The molecule has 5 saturated carbocycles. The van der Waals surface area contributed by atoms with Gasteiger partial charge in [-0.1, -0.05) is 19.1 Å². The number of aliphatic hydroxyl groups excluding tert-OH is 1. The number of para-hydroxylation sites is 1. The summed E-state index contributed by atoms with van der Waals surface area (Å²) in [6.07, 6.45) is 3.46. The highest BCUT2D eigenvalue weighted by molar-refractivity contribution is 5.95. The number of nitrogen functional groups attached to an aromatic ring is 1. The molecule has 1 heterocycles. The maximum atomic E-state index is 13.2. The first kappa shape index (κ1) is 25.3. The molecule has 208 valence electrons. The zero-order valence-corrected chi connectivity index (χ0v) is 22.7. The molecule has 1 aromatic carbocycles. The monoisotopic (exact) mass is 526 g/mol. The Kier molecular flexibility index (Phi) is 5.59. The molecular weight excluding hydrogens is 484 g/mol. The van der Waals surface area contributed by atoms with E-state index in [-0.39, 0.29) is 64.6 Å². The van der Waals surface area contributed by atoms with E-state index in [2.05, 4.69) is 11.8 Å². The quantitative estimate of drug-likeness (QED) is 0.382. The molecule has 5 aliphatic carbocycles. The zero-order valence-electron chi connectivity index (χ0n) is 22.7. The summed E-state index contributed by atoms with van der Waals surface area (Å²) in [6, 6.07) is 7.26. The lowest BCUT2D eigenvalue weighted by molar-refractivity contribution is -0.275. The van der Waals surface area contributed by atoms with Crippen molar-refractivity contribution in [1.29, 1.82) is 0 Å². The number of hydrogen-bond donors (Lipinski definition) is 3. The summed E-state index contributed by atoms with van der Waals surface area (Å²) in [5.74, 6) is -0.0890. The first-order chi connectivity index (χ1) is 18.3. The molecule has 4 N–H and O–H groups in total. The molecule has 1 spiro atoms. The van der Waals surface area contributed by atoms with Crippen molar-refractivity contribution in [2.24, 2.45) is 40.4 Å². The average Bonchev–Trinajstić information content (AvgIpc) is 3.34. The molecule has 6 fully saturated rings. The van der Waals surface area contributed by atoms with E-state index in [1.807, 2.05) is 19.2 Å². The van der Waals surface area contributed by atoms with Crippen LogP contribution in [0.15, 0.2) is 24.3 Å². The Labute approximate surface area is 224 Å². The van der Waals surface area contributed by atoms with Crippen LogP contribution < -0.4 is 5.73 Å². The Morgan fingerprint density at radius 2 is 1.97 bits per heavy atom. The van der Waals surface area contributed by atoms with Crippen LogP contribution >= 0.6 is 0 Å². The Balaban J connectivity index is 1.32. The van der Waals surface area contributed by atoms with Gasteiger partial charge in [0.2, 0.25) is 0 Å². The Morgan fingerprint density at radius 1 is 1.18 bits per heavy atom. The number of carbonyl (C=O) groups is 1. The maximum absolute atomic E-state index is 13.2. The van der Waals surface area contributed by atoms with Crippen LogP contribution in [0.25, 0.3) is 0 Å². The van der Waals surface area contributed by atoms with E-state index in [1.165, 1.54) is 0 Å². The van der Waals surface area contributed by atoms with E-state index in [0.29, 0.717) is 24.3 Å². The highest BCUT2D eigenvalue weighted by Gasteiger charge is 2.83. The molecule has 8 heteroatoms. The Bertz CT molecular complexity index is 1130. The first-order valence-electron chi connectivity index (χ1n) is 14.5. The van der Waals surface area contributed by atoms with Crippen molar-refractivity contribution in [2.45, 2.75) is 69.0 Å². The van der Waals surface area contributed by atoms with Crippen LogP contribution in [0.4, 0.5) is 5.69 Å². The van der Waals surface area contributed by atoms with Crippen LogP contribution in [-0.4, -0.2) is 85.0 Å². The number of ether oxygens (including phenoxy) is 3. The van der Waals surface area contributed by atoms with Crippen LogP contribution in [0, 0.1) is 40.4 Å². The number of esters is 1. The predicted octanol–water partition coefficient (Wildman–Crippen LogP) is 2.32. The molecule has 1 aromatic rings. The number of piperidine rings is 1. The minimum atomic E-state index is -0.970. The topological polar surface area (TPSA) is 114 Å². The van der Waals surface area contributed by atoms with Crippen LogP contribution in [0.2, 0.25) is 0 Å². The third kappa shape index (κ3) is 2.86. The molecule has 38 heavy (non-hydrogen) atoms. The SMILES string of the molecule is CCN1C[C@]2(COC(=O)c3ccccc3N)CC[C@H](OC)[C@@]34[C@@H]5C[C@H]6[C@@H](O)[C@@H]5[C@](O)(C[C@H]6OC)[C@@H](C[C@H]23)[C@@H]14. The van der Waals surface area contributed by atoms with Gasteiger partial charge in [-0.05, 0) is 56.2 Å². The molecule has 0 aromatic heterocycles. The van der Waals surface area contributed by atoms with E-state index in [0.717, 1.165) is 38.8 Å². The van der Waals surface area contributed by atoms with Gasteiger partial charge >= 0.3 is 5.97 Å². The number of methoxy groups -OCH3 is 2. The number of carbonyl (C=O) groups excluding carboxylic acids is 1. The van der Waals surface area contributed by atoms with E-state index < -0.39 is 11.7 Å². The molecule has 6 aliphatic rings. The molecule has 0 radical (unpaired) electrons. The van der Waals surface area contributed by atoms with Gasteiger partial charge in [-0.2, -0.15) is 0 Å². The normalized spacial score (nSPS) is 50.2. The standard InChI is InChI=1S/C30H42N2O6/c1-4-32-14-28(15-38-27(34)16-7-5-6-8-20(16)31)10-9-23(37-3)30-18-11-17-21(36-2)13-29(35,24(18)25(17)33)19(26(30)32)12-22(28)30/h5-8,17-19,21-26,33,35H,4,9-15,31H2,1-3H3/t17-,18-,19+,21-,22-,23+,24-,25-,26-,28+,29+,30-/m1/s1. The lowest BCUT2D eigenvalue weighted by atomic mass is 9.43.